The van der Waals surface area contributed by atoms with E-state index in [1.54, 1.807) is 6.08 Å². The third-order valence-corrected chi connectivity index (χ3v) is 8.65. The summed E-state index contributed by atoms with van der Waals surface area (Å²) in [6, 6.07) is 0. The van der Waals surface area contributed by atoms with E-state index in [-0.39, 0.29) is 29.0 Å². The van der Waals surface area contributed by atoms with Crippen molar-refractivity contribution < 1.29 is 24.9 Å². The Hall–Kier alpha value is -1.04. The van der Waals surface area contributed by atoms with Gasteiger partial charge in [-0.1, -0.05) is 19.4 Å². The minimum absolute atomic E-state index is 0.0697. The SMILES string of the molecule is C[C@]12CCC(=O)C=C1CC[C@@H]1C3CC[C@@](O)(C(=O)CO)[C@]3(C)C[C@H](O)[C@@H]12. The van der Waals surface area contributed by atoms with E-state index >= 15 is 0 Å². The lowest BCUT2D eigenvalue weighted by atomic mass is 9.45. The number of aliphatic hydroxyl groups is 3. The number of Topliss-reactive ketones (excluding diaryl/α,β-unsaturated/α-hetero) is 1. The Labute approximate surface area is 154 Å². The zero-order valence-corrected chi connectivity index (χ0v) is 15.7. The van der Waals surface area contributed by atoms with E-state index in [9.17, 15) is 24.9 Å². The number of carbonyl (C=O) groups is 2. The molecular formula is C21H30O5. The van der Waals surface area contributed by atoms with Crippen molar-refractivity contribution in [2.24, 2.45) is 28.6 Å². The van der Waals surface area contributed by atoms with Crippen molar-refractivity contribution in [3.05, 3.63) is 11.6 Å². The minimum atomic E-state index is -1.54. The number of ketones is 2. The average Bonchev–Trinajstić information content (AvgIpc) is 2.86. The van der Waals surface area contributed by atoms with Crippen LogP contribution in [0.2, 0.25) is 0 Å². The molecule has 0 aromatic heterocycles. The van der Waals surface area contributed by atoms with Gasteiger partial charge in [0.1, 0.15) is 12.2 Å². The average molecular weight is 362 g/mol. The summed E-state index contributed by atoms with van der Waals surface area (Å²) in [6.07, 6.45) is 5.74. The Morgan fingerprint density at radius 3 is 2.65 bits per heavy atom. The monoisotopic (exact) mass is 362 g/mol. The molecule has 0 amide bonds. The molecule has 4 rings (SSSR count). The number of carbonyl (C=O) groups excluding carboxylic acids is 2. The van der Waals surface area contributed by atoms with Crippen LogP contribution in [0, 0.1) is 28.6 Å². The Kier molecular flexibility index (Phi) is 4.04. The first-order valence-corrected chi connectivity index (χ1v) is 9.96. The van der Waals surface area contributed by atoms with E-state index < -0.39 is 29.5 Å². The van der Waals surface area contributed by atoms with Gasteiger partial charge in [0.15, 0.2) is 11.6 Å². The summed E-state index contributed by atoms with van der Waals surface area (Å²) in [4.78, 5) is 24.3. The maximum absolute atomic E-state index is 12.4. The van der Waals surface area contributed by atoms with Crippen LogP contribution in [0.15, 0.2) is 11.6 Å². The molecular weight excluding hydrogens is 332 g/mol. The molecule has 0 aromatic rings. The highest BCUT2D eigenvalue weighted by Gasteiger charge is 2.68. The fraction of sp³-hybridized carbons (Fsp3) is 0.810. The first-order valence-electron chi connectivity index (χ1n) is 9.96. The van der Waals surface area contributed by atoms with Crippen molar-refractivity contribution in [1.82, 2.24) is 0 Å². The highest BCUT2D eigenvalue weighted by molar-refractivity contribution is 5.91. The maximum atomic E-state index is 12.4. The second kappa shape index (κ2) is 5.73. The van der Waals surface area contributed by atoms with E-state index in [0.717, 1.165) is 25.7 Å². The quantitative estimate of drug-likeness (QED) is 0.696. The molecule has 144 valence electrons. The summed E-state index contributed by atoms with van der Waals surface area (Å²) in [5.41, 5.74) is -1.23. The van der Waals surface area contributed by atoms with Gasteiger partial charge in [0.05, 0.1) is 6.10 Å². The fourth-order valence-corrected chi connectivity index (χ4v) is 7.28. The molecule has 0 aromatic carbocycles. The van der Waals surface area contributed by atoms with Gasteiger partial charge in [0.25, 0.3) is 0 Å². The summed E-state index contributed by atoms with van der Waals surface area (Å²) >= 11 is 0. The van der Waals surface area contributed by atoms with Crippen LogP contribution in [0.1, 0.15) is 58.8 Å². The van der Waals surface area contributed by atoms with Crippen molar-refractivity contribution >= 4 is 11.6 Å². The highest BCUT2D eigenvalue weighted by atomic mass is 16.3. The number of aliphatic hydroxyl groups excluding tert-OH is 2. The fourth-order valence-electron chi connectivity index (χ4n) is 7.28. The summed E-state index contributed by atoms with van der Waals surface area (Å²) in [5, 5.41) is 31.7. The van der Waals surface area contributed by atoms with Crippen LogP contribution in [0.3, 0.4) is 0 Å². The van der Waals surface area contributed by atoms with Crippen LogP contribution >= 0.6 is 0 Å². The molecule has 26 heavy (non-hydrogen) atoms. The predicted octanol–water partition coefficient (Wildman–Crippen LogP) is 1.78. The smallest absolute Gasteiger partial charge is 0.190 e. The lowest BCUT2D eigenvalue weighted by Crippen LogP contribution is -2.62. The first kappa shape index (κ1) is 18.3. The van der Waals surface area contributed by atoms with Crippen molar-refractivity contribution in [2.45, 2.75) is 70.5 Å². The Bertz CT molecular complexity index is 684. The van der Waals surface area contributed by atoms with Gasteiger partial charge in [0.2, 0.25) is 0 Å². The Morgan fingerprint density at radius 1 is 1.23 bits per heavy atom. The van der Waals surface area contributed by atoms with Crippen LogP contribution in [0.5, 0.6) is 0 Å². The Morgan fingerprint density at radius 2 is 1.96 bits per heavy atom. The third-order valence-electron chi connectivity index (χ3n) is 8.65. The van der Waals surface area contributed by atoms with Gasteiger partial charge in [-0.25, -0.2) is 0 Å². The van der Waals surface area contributed by atoms with Crippen LogP contribution in [-0.4, -0.2) is 45.2 Å². The zero-order valence-electron chi connectivity index (χ0n) is 15.7. The topological polar surface area (TPSA) is 94.8 Å². The van der Waals surface area contributed by atoms with Crippen LogP contribution in [0.25, 0.3) is 0 Å². The molecule has 0 spiro atoms. The number of hydrogen-bond acceptors (Lipinski definition) is 5. The summed E-state index contributed by atoms with van der Waals surface area (Å²) in [5.74, 6) is 0.140. The van der Waals surface area contributed by atoms with Gasteiger partial charge in [-0.3, -0.25) is 9.59 Å². The molecule has 0 radical (unpaired) electrons. The Balaban J connectivity index is 1.74. The summed E-state index contributed by atoms with van der Waals surface area (Å²) < 4.78 is 0. The molecule has 4 aliphatic rings. The standard InChI is InChI=1S/C21H30O5/c1-19-7-5-13(23)9-12(19)3-4-14-15-6-8-21(26,17(25)11-22)20(15,2)10-16(24)18(14)19/h9,14-16,18,22,24,26H,3-8,10-11H2,1-2H3/t14-,15?,16+,18-,19+,20-,21-/m1/s1. The van der Waals surface area contributed by atoms with Crippen molar-refractivity contribution in [3.63, 3.8) is 0 Å². The van der Waals surface area contributed by atoms with Gasteiger partial charge in [0, 0.05) is 11.8 Å². The first-order chi connectivity index (χ1) is 12.2. The molecule has 5 heteroatoms. The molecule has 3 N–H and O–H groups in total. The van der Waals surface area contributed by atoms with Crippen LogP contribution < -0.4 is 0 Å². The van der Waals surface area contributed by atoms with Gasteiger partial charge >= 0.3 is 0 Å². The molecule has 0 aliphatic heterocycles. The van der Waals surface area contributed by atoms with E-state index in [1.165, 1.54) is 5.57 Å². The van der Waals surface area contributed by atoms with E-state index in [4.69, 9.17) is 0 Å². The molecule has 5 nitrogen and oxygen atoms in total. The summed E-state index contributed by atoms with van der Waals surface area (Å²) in [6.45, 7) is 3.46. The lowest BCUT2D eigenvalue weighted by molar-refractivity contribution is -0.182. The van der Waals surface area contributed by atoms with E-state index in [1.807, 2.05) is 6.92 Å². The number of allylic oxidation sites excluding steroid dienone is 1. The van der Waals surface area contributed by atoms with Crippen molar-refractivity contribution in [1.29, 1.82) is 0 Å². The lowest BCUT2D eigenvalue weighted by Gasteiger charge is -2.60. The van der Waals surface area contributed by atoms with Crippen LogP contribution in [0.4, 0.5) is 0 Å². The van der Waals surface area contributed by atoms with Gasteiger partial charge in [-0.15, -0.1) is 0 Å². The zero-order chi connectivity index (χ0) is 18.9. The molecule has 3 fully saturated rings. The van der Waals surface area contributed by atoms with Crippen molar-refractivity contribution in [2.75, 3.05) is 6.61 Å². The van der Waals surface area contributed by atoms with Gasteiger partial charge < -0.3 is 15.3 Å². The highest BCUT2D eigenvalue weighted by Crippen LogP contribution is 2.67. The van der Waals surface area contributed by atoms with E-state index in [2.05, 4.69) is 6.92 Å². The second-order valence-corrected chi connectivity index (χ2v) is 9.56. The molecule has 1 unspecified atom stereocenters. The normalized spacial score (nSPS) is 50.5. The van der Waals surface area contributed by atoms with Crippen molar-refractivity contribution in [3.8, 4) is 0 Å². The maximum Gasteiger partial charge on any atom is 0.190 e. The third kappa shape index (κ3) is 2.14. The second-order valence-electron chi connectivity index (χ2n) is 9.56. The van der Waals surface area contributed by atoms with Gasteiger partial charge in [-0.05, 0) is 67.8 Å². The molecule has 0 bridgehead atoms. The molecule has 3 saturated carbocycles. The van der Waals surface area contributed by atoms with Gasteiger partial charge in [-0.2, -0.15) is 0 Å². The molecule has 4 aliphatic carbocycles. The molecule has 0 saturated heterocycles. The number of rotatable bonds is 2. The van der Waals surface area contributed by atoms with E-state index in [0.29, 0.717) is 19.3 Å². The molecule has 7 atom stereocenters. The predicted molar refractivity (Wildman–Crippen MR) is 95.1 cm³/mol. The van der Waals surface area contributed by atoms with Crippen LogP contribution in [-0.2, 0) is 9.59 Å². The largest absolute Gasteiger partial charge is 0.393 e. The molecule has 0 heterocycles. The number of fused-ring (bicyclic) bond motifs is 5. The minimum Gasteiger partial charge on any atom is -0.393 e. The number of hydrogen-bond donors (Lipinski definition) is 3. The summed E-state index contributed by atoms with van der Waals surface area (Å²) in [7, 11) is 0.